The van der Waals surface area contributed by atoms with Gasteiger partial charge in [-0.25, -0.2) is 4.68 Å². The maximum atomic E-state index is 11.8. The fourth-order valence-electron chi connectivity index (χ4n) is 2.16. The summed E-state index contributed by atoms with van der Waals surface area (Å²) < 4.78 is 12.5. The standard InChI is InChI=1S/C12H8N4O3S/c17-11-7-4-13-16(10(7)14-12(20)15-11)6-1-2-8-9(3-6)19-5-18-8/h1-4H,5H2,(H2,14,15,17,20). The number of aromatic amines is 2. The normalized spacial score (nSPS) is 13.0. The number of nitrogens with one attached hydrogen (secondary N) is 2. The Bertz CT molecular complexity index is 940. The van der Waals surface area contributed by atoms with Gasteiger partial charge in [0.1, 0.15) is 11.0 Å². The van der Waals surface area contributed by atoms with Gasteiger partial charge in [-0.05, 0) is 24.4 Å². The maximum absolute atomic E-state index is 11.8. The minimum absolute atomic E-state index is 0.209. The Balaban J connectivity index is 1.99. The minimum Gasteiger partial charge on any atom is -0.454 e. The predicted octanol–water partition coefficient (Wildman–Crippen LogP) is 1.50. The molecule has 0 spiro atoms. The summed E-state index contributed by atoms with van der Waals surface area (Å²) in [6.45, 7) is 0.209. The highest BCUT2D eigenvalue weighted by Gasteiger charge is 2.15. The minimum atomic E-state index is -0.268. The van der Waals surface area contributed by atoms with Crippen molar-refractivity contribution in [3.63, 3.8) is 0 Å². The number of aromatic nitrogens is 4. The topological polar surface area (TPSA) is 84.9 Å². The average molecular weight is 288 g/mol. The molecule has 0 unspecified atom stereocenters. The Morgan fingerprint density at radius 1 is 1.25 bits per heavy atom. The van der Waals surface area contributed by atoms with Gasteiger partial charge in [0.05, 0.1) is 11.9 Å². The third kappa shape index (κ3) is 1.55. The molecule has 2 aromatic heterocycles. The number of hydrogen-bond acceptors (Lipinski definition) is 5. The Morgan fingerprint density at radius 3 is 3.00 bits per heavy atom. The second-order valence-electron chi connectivity index (χ2n) is 4.26. The van der Waals surface area contributed by atoms with Crippen molar-refractivity contribution in [2.24, 2.45) is 0 Å². The summed E-state index contributed by atoms with van der Waals surface area (Å²) in [6.07, 6.45) is 1.49. The molecule has 0 atom stereocenters. The van der Waals surface area contributed by atoms with E-state index in [4.69, 9.17) is 21.7 Å². The Hall–Kier alpha value is -2.61. The molecule has 7 nitrogen and oxygen atoms in total. The molecule has 0 amide bonds. The lowest BCUT2D eigenvalue weighted by Gasteiger charge is -2.04. The summed E-state index contributed by atoms with van der Waals surface area (Å²) in [7, 11) is 0. The van der Waals surface area contributed by atoms with Gasteiger partial charge in [0.15, 0.2) is 16.3 Å². The summed E-state index contributed by atoms with van der Waals surface area (Å²) in [5.74, 6) is 1.34. The first-order chi connectivity index (χ1) is 9.72. The lowest BCUT2D eigenvalue weighted by atomic mass is 10.3. The molecule has 100 valence electrons. The van der Waals surface area contributed by atoms with Gasteiger partial charge in [-0.1, -0.05) is 0 Å². The van der Waals surface area contributed by atoms with Gasteiger partial charge in [0.25, 0.3) is 5.56 Å². The fraction of sp³-hybridized carbons (Fsp3) is 0.0833. The molecule has 1 aliphatic heterocycles. The molecule has 0 radical (unpaired) electrons. The van der Waals surface area contributed by atoms with Crippen molar-refractivity contribution in [3.8, 4) is 17.2 Å². The van der Waals surface area contributed by atoms with Gasteiger partial charge < -0.3 is 14.5 Å². The monoisotopic (exact) mass is 288 g/mol. The molecule has 0 saturated carbocycles. The highest BCUT2D eigenvalue weighted by Crippen LogP contribution is 2.33. The molecule has 0 bridgehead atoms. The van der Waals surface area contributed by atoms with Gasteiger partial charge in [-0.2, -0.15) is 5.10 Å². The van der Waals surface area contributed by atoms with Crippen molar-refractivity contribution in [2.45, 2.75) is 0 Å². The molecule has 3 heterocycles. The van der Waals surface area contributed by atoms with E-state index in [-0.39, 0.29) is 17.1 Å². The van der Waals surface area contributed by atoms with Crippen LogP contribution in [0.2, 0.25) is 0 Å². The molecule has 0 saturated heterocycles. The fourth-order valence-corrected chi connectivity index (χ4v) is 2.35. The molecule has 8 heteroatoms. The SMILES string of the molecule is O=c1[nH]c(=S)[nH]c2c1cnn2-c1ccc2c(c1)OCO2. The quantitative estimate of drug-likeness (QED) is 0.663. The third-order valence-electron chi connectivity index (χ3n) is 3.07. The second kappa shape index (κ2) is 3.94. The van der Waals surface area contributed by atoms with Crippen molar-refractivity contribution in [2.75, 3.05) is 6.79 Å². The highest BCUT2D eigenvalue weighted by atomic mass is 32.1. The van der Waals surface area contributed by atoms with E-state index in [1.54, 1.807) is 16.8 Å². The van der Waals surface area contributed by atoms with E-state index in [0.29, 0.717) is 22.5 Å². The molecular weight excluding hydrogens is 280 g/mol. The van der Waals surface area contributed by atoms with Crippen molar-refractivity contribution in [3.05, 3.63) is 39.5 Å². The van der Waals surface area contributed by atoms with Crippen LogP contribution in [0.4, 0.5) is 0 Å². The number of nitrogens with zero attached hydrogens (tertiary/aromatic N) is 2. The molecule has 1 aliphatic rings. The van der Waals surface area contributed by atoms with Gasteiger partial charge >= 0.3 is 0 Å². The Morgan fingerprint density at radius 2 is 2.10 bits per heavy atom. The van der Waals surface area contributed by atoms with E-state index >= 15 is 0 Å². The van der Waals surface area contributed by atoms with Gasteiger partial charge in [0, 0.05) is 6.07 Å². The zero-order chi connectivity index (χ0) is 13.7. The number of benzene rings is 1. The summed E-state index contributed by atoms with van der Waals surface area (Å²) in [5, 5.41) is 4.66. The van der Waals surface area contributed by atoms with Crippen LogP contribution in [0.25, 0.3) is 16.7 Å². The molecule has 0 fully saturated rings. The van der Waals surface area contributed by atoms with E-state index in [1.165, 1.54) is 6.20 Å². The molecule has 0 aliphatic carbocycles. The molecule has 20 heavy (non-hydrogen) atoms. The van der Waals surface area contributed by atoms with Crippen LogP contribution in [0.3, 0.4) is 0 Å². The smallest absolute Gasteiger partial charge is 0.262 e. The van der Waals surface area contributed by atoms with E-state index in [0.717, 1.165) is 5.69 Å². The molecule has 3 aromatic rings. The predicted molar refractivity (Wildman–Crippen MR) is 73.0 cm³/mol. The van der Waals surface area contributed by atoms with Crippen molar-refractivity contribution < 1.29 is 9.47 Å². The average Bonchev–Trinajstić information content (AvgIpc) is 3.03. The van der Waals surface area contributed by atoms with Gasteiger partial charge in [-0.3, -0.25) is 9.78 Å². The van der Waals surface area contributed by atoms with Crippen LogP contribution in [0.5, 0.6) is 11.5 Å². The van der Waals surface area contributed by atoms with Crippen LogP contribution in [0.1, 0.15) is 0 Å². The van der Waals surface area contributed by atoms with Crippen molar-refractivity contribution in [1.29, 1.82) is 0 Å². The number of fused-ring (bicyclic) bond motifs is 2. The maximum Gasteiger partial charge on any atom is 0.262 e. The first-order valence-electron chi connectivity index (χ1n) is 5.83. The Kier molecular flexibility index (Phi) is 2.21. The highest BCUT2D eigenvalue weighted by molar-refractivity contribution is 7.71. The van der Waals surface area contributed by atoms with Crippen LogP contribution < -0.4 is 15.0 Å². The largest absolute Gasteiger partial charge is 0.454 e. The zero-order valence-corrected chi connectivity index (χ0v) is 10.9. The number of ether oxygens (including phenoxy) is 2. The lowest BCUT2D eigenvalue weighted by Crippen LogP contribution is -2.08. The van der Waals surface area contributed by atoms with Crippen LogP contribution in [0.15, 0.2) is 29.2 Å². The molecular formula is C12H8N4O3S. The number of rotatable bonds is 1. The molecule has 2 N–H and O–H groups in total. The van der Waals surface area contributed by atoms with Crippen LogP contribution >= 0.6 is 12.2 Å². The van der Waals surface area contributed by atoms with Gasteiger partial charge in [-0.15, -0.1) is 0 Å². The number of H-pyrrole nitrogens is 2. The zero-order valence-electron chi connectivity index (χ0n) is 10.0. The Labute approximate surface area is 116 Å². The van der Waals surface area contributed by atoms with Crippen molar-refractivity contribution >= 4 is 23.3 Å². The third-order valence-corrected chi connectivity index (χ3v) is 3.28. The first-order valence-corrected chi connectivity index (χ1v) is 6.23. The van der Waals surface area contributed by atoms with E-state index in [1.807, 2.05) is 6.07 Å². The van der Waals surface area contributed by atoms with Crippen LogP contribution in [-0.2, 0) is 0 Å². The van der Waals surface area contributed by atoms with E-state index < -0.39 is 0 Å². The summed E-state index contributed by atoms with van der Waals surface area (Å²) >= 11 is 4.99. The van der Waals surface area contributed by atoms with Gasteiger partial charge in [0.2, 0.25) is 6.79 Å². The van der Waals surface area contributed by atoms with E-state index in [2.05, 4.69) is 15.1 Å². The molecule has 4 rings (SSSR count). The second-order valence-corrected chi connectivity index (χ2v) is 4.67. The number of hydrogen-bond donors (Lipinski definition) is 2. The molecule has 1 aromatic carbocycles. The summed E-state index contributed by atoms with van der Waals surface area (Å²) in [6, 6.07) is 5.43. The summed E-state index contributed by atoms with van der Waals surface area (Å²) in [4.78, 5) is 17.2. The van der Waals surface area contributed by atoms with Crippen LogP contribution in [0, 0.1) is 4.77 Å². The lowest BCUT2D eigenvalue weighted by molar-refractivity contribution is 0.174. The summed E-state index contributed by atoms with van der Waals surface area (Å²) in [5.41, 5.74) is 1.02. The van der Waals surface area contributed by atoms with Crippen molar-refractivity contribution in [1.82, 2.24) is 19.7 Å². The van der Waals surface area contributed by atoms with Crippen LogP contribution in [-0.4, -0.2) is 26.5 Å². The first kappa shape index (κ1) is 11.2. The van der Waals surface area contributed by atoms with E-state index in [9.17, 15) is 4.79 Å².